The first kappa shape index (κ1) is 18.0. The van der Waals surface area contributed by atoms with Gasteiger partial charge in [-0.05, 0) is 23.8 Å². The number of rotatable bonds is 6. The summed E-state index contributed by atoms with van der Waals surface area (Å²) in [5.41, 5.74) is 6.05. The van der Waals surface area contributed by atoms with E-state index in [2.05, 4.69) is 44.8 Å². The summed E-state index contributed by atoms with van der Waals surface area (Å²) in [6.45, 7) is 0.740. The lowest BCUT2D eigenvalue weighted by Gasteiger charge is -2.08. The van der Waals surface area contributed by atoms with Gasteiger partial charge in [0.05, 0.1) is 31.7 Å². The number of hydrogen-bond donors (Lipinski definition) is 2. The molecule has 0 aliphatic heterocycles. The van der Waals surface area contributed by atoms with Crippen LogP contribution in [-0.4, -0.2) is 26.9 Å². The summed E-state index contributed by atoms with van der Waals surface area (Å²) in [6.07, 6.45) is 7.77. The lowest BCUT2D eigenvalue weighted by atomic mass is 10.1. The molecule has 0 aliphatic carbocycles. The van der Waals surface area contributed by atoms with Gasteiger partial charge in [0.1, 0.15) is 11.4 Å². The average molecular weight is 395 g/mol. The number of nitrogens with zero attached hydrogens (tertiary/aromatic N) is 3. The van der Waals surface area contributed by atoms with E-state index in [1.165, 1.54) is 5.56 Å². The van der Waals surface area contributed by atoms with Gasteiger partial charge in [-0.25, -0.2) is 4.98 Å². The third-order valence-corrected chi connectivity index (χ3v) is 5.02. The summed E-state index contributed by atoms with van der Waals surface area (Å²) >= 11 is 0. The minimum Gasteiger partial charge on any atom is -0.497 e. The zero-order valence-corrected chi connectivity index (χ0v) is 16.5. The second-order valence-electron chi connectivity index (χ2n) is 7.09. The summed E-state index contributed by atoms with van der Waals surface area (Å²) in [6, 6.07) is 20.2. The van der Waals surface area contributed by atoms with Gasteiger partial charge in [0, 0.05) is 40.7 Å². The molecule has 0 unspecified atom stereocenters. The Balaban J connectivity index is 1.43. The molecule has 0 radical (unpaired) electrons. The van der Waals surface area contributed by atoms with Crippen LogP contribution in [0.2, 0.25) is 0 Å². The monoisotopic (exact) mass is 395 g/mol. The van der Waals surface area contributed by atoms with Crippen LogP contribution in [0.25, 0.3) is 22.2 Å². The maximum absolute atomic E-state index is 5.30. The highest BCUT2D eigenvalue weighted by Crippen LogP contribution is 2.30. The van der Waals surface area contributed by atoms with Crippen molar-refractivity contribution in [2.45, 2.75) is 6.54 Å². The van der Waals surface area contributed by atoms with Crippen LogP contribution in [0.15, 0.2) is 85.5 Å². The van der Waals surface area contributed by atoms with E-state index in [1.807, 2.05) is 65.7 Å². The molecule has 0 saturated carbocycles. The lowest BCUT2D eigenvalue weighted by Crippen LogP contribution is -1.99. The molecule has 0 spiro atoms. The number of aromatic amines is 1. The van der Waals surface area contributed by atoms with E-state index >= 15 is 0 Å². The Kier molecular flexibility index (Phi) is 4.65. The number of pyridine rings is 1. The Morgan fingerprint density at radius 2 is 1.90 bits per heavy atom. The first-order valence-electron chi connectivity index (χ1n) is 9.73. The number of hydrogen-bond acceptors (Lipinski definition) is 4. The van der Waals surface area contributed by atoms with Gasteiger partial charge in [0.15, 0.2) is 0 Å². The van der Waals surface area contributed by atoms with Crippen LogP contribution in [0.1, 0.15) is 5.56 Å². The minimum absolute atomic E-state index is 0.740. The van der Waals surface area contributed by atoms with Gasteiger partial charge >= 0.3 is 0 Å². The van der Waals surface area contributed by atoms with Gasteiger partial charge in [-0.3, -0.25) is 4.68 Å². The average Bonchev–Trinajstić information content (AvgIpc) is 3.41. The second kappa shape index (κ2) is 7.75. The molecule has 0 saturated heterocycles. The second-order valence-corrected chi connectivity index (χ2v) is 7.09. The number of anilines is 2. The van der Waals surface area contributed by atoms with Gasteiger partial charge in [0.25, 0.3) is 0 Å². The fourth-order valence-corrected chi connectivity index (χ4v) is 3.54. The Hall–Kier alpha value is -4.06. The van der Waals surface area contributed by atoms with Crippen LogP contribution in [0.4, 0.5) is 11.4 Å². The standard InChI is InChI=1S/C24H21N5O/c1-30-21-9-5-8-19(10-21)28-20-11-22-23(14-26-24(22)25-13-20)18-12-27-29(16-18)15-17-6-3-2-4-7-17/h2-14,16,28H,15H2,1H3,(H,25,26). The number of H-pyrrole nitrogens is 1. The van der Waals surface area contributed by atoms with Crippen LogP contribution in [0, 0.1) is 0 Å². The van der Waals surface area contributed by atoms with E-state index in [0.717, 1.165) is 45.8 Å². The molecule has 0 amide bonds. The maximum Gasteiger partial charge on any atom is 0.138 e. The molecule has 5 aromatic rings. The molecule has 2 aromatic carbocycles. The molecule has 30 heavy (non-hydrogen) atoms. The van der Waals surface area contributed by atoms with Gasteiger partial charge in [-0.2, -0.15) is 5.10 Å². The highest BCUT2D eigenvalue weighted by atomic mass is 16.5. The molecule has 3 heterocycles. The highest BCUT2D eigenvalue weighted by Gasteiger charge is 2.11. The van der Waals surface area contributed by atoms with Gasteiger partial charge < -0.3 is 15.0 Å². The Morgan fingerprint density at radius 1 is 1.00 bits per heavy atom. The summed E-state index contributed by atoms with van der Waals surface area (Å²) in [5, 5.41) is 8.98. The van der Waals surface area contributed by atoms with Crippen LogP contribution in [0.5, 0.6) is 5.75 Å². The number of benzene rings is 2. The van der Waals surface area contributed by atoms with Crippen LogP contribution in [-0.2, 0) is 6.54 Å². The van der Waals surface area contributed by atoms with E-state index in [4.69, 9.17) is 4.74 Å². The number of ether oxygens (including phenoxy) is 1. The van der Waals surface area contributed by atoms with E-state index in [-0.39, 0.29) is 0 Å². The van der Waals surface area contributed by atoms with Gasteiger partial charge in [0.2, 0.25) is 0 Å². The third kappa shape index (κ3) is 3.63. The van der Waals surface area contributed by atoms with Crippen molar-refractivity contribution < 1.29 is 4.74 Å². The Labute approximate surface area is 174 Å². The van der Waals surface area contributed by atoms with E-state index in [9.17, 15) is 0 Å². The summed E-state index contributed by atoms with van der Waals surface area (Å²) < 4.78 is 7.26. The van der Waals surface area contributed by atoms with Crippen molar-refractivity contribution in [3.63, 3.8) is 0 Å². The molecule has 148 valence electrons. The van der Waals surface area contributed by atoms with E-state index in [1.54, 1.807) is 7.11 Å². The first-order valence-corrected chi connectivity index (χ1v) is 9.73. The topological polar surface area (TPSA) is 67.8 Å². The fraction of sp³-hybridized carbons (Fsp3) is 0.0833. The van der Waals surface area contributed by atoms with Crippen LogP contribution >= 0.6 is 0 Å². The molecule has 6 heteroatoms. The largest absolute Gasteiger partial charge is 0.497 e. The third-order valence-electron chi connectivity index (χ3n) is 5.02. The maximum atomic E-state index is 5.30. The Morgan fingerprint density at radius 3 is 2.77 bits per heavy atom. The molecule has 0 bridgehead atoms. The highest BCUT2D eigenvalue weighted by molar-refractivity contribution is 5.95. The first-order chi connectivity index (χ1) is 14.8. The summed E-state index contributed by atoms with van der Waals surface area (Å²) in [5.74, 6) is 0.808. The number of methoxy groups -OCH3 is 1. The molecular formula is C24H21N5O. The van der Waals surface area contributed by atoms with Crippen molar-refractivity contribution in [1.29, 1.82) is 0 Å². The molecule has 0 atom stereocenters. The zero-order chi connectivity index (χ0) is 20.3. The molecule has 5 rings (SSSR count). The SMILES string of the molecule is COc1cccc(Nc2cnc3[nH]cc(-c4cnn(Cc5ccccc5)c4)c3c2)c1. The van der Waals surface area contributed by atoms with Gasteiger partial charge in [-0.15, -0.1) is 0 Å². The summed E-state index contributed by atoms with van der Waals surface area (Å²) in [7, 11) is 1.66. The summed E-state index contributed by atoms with van der Waals surface area (Å²) in [4.78, 5) is 7.82. The molecular weight excluding hydrogens is 374 g/mol. The molecule has 2 N–H and O–H groups in total. The van der Waals surface area contributed by atoms with E-state index in [0.29, 0.717) is 0 Å². The van der Waals surface area contributed by atoms with Gasteiger partial charge in [-0.1, -0.05) is 36.4 Å². The fourth-order valence-electron chi connectivity index (χ4n) is 3.54. The van der Waals surface area contributed by atoms with Crippen LogP contribution < -0.4 is 10.1 Å². The van der Waals surface area contributed by atoms with E-state index < -0.39 is 0 Å². The van der Waals surface area contributed by atoms with Crippen molar-refractivity contribution in [1.82, 2.24) is 19.7 Å². The smallest absolute Gasteiger partial charge is 0.138 e. The molecule has 0 fully saturated rings. The number of fused-ring (bicyclic) bond motifs is 1. The van der Waals surface area contributed by atoms with Crippen molar-refractivity contribution >= 4 is 22.4 Å². The van der Waals surface area contributed by atoms with Crippen molar-refractivity contribution in [3.05, 3.63) is 91.0 Å². The zero-order valence-electron chi connectivity index (χ0n) is 16.5. The van der Waals surface area contributed by atoms with Crippen molar-refractivity contribution in [2.24, 2.45) is 0 Å². The normalized spacial score (nSPS) is 11.0. The van der Waals surface area contributed by atoms with Crippen molar-refractivity contribution in [3.8, 4) is 16.9 Å². The lowest BCUT2D eigenvalue weighted by molar-refractivity contribution is 0.415. The van der Waals surface area contributed by atoms with Crippen molar-refractivity contribution in [2.75, 3.05) is 12.4 Å². The molecule has 3 aromatic heterocycles. The molecule has 6 nitrogen and oxygen atoms in total. The predicted molar refractivity (Wildman–Crippen MR) is 119 cm³/mol. The van der Waals surface area contributed by atoms with Crippen LogP contribution in [0.3, 0.4) is 0 Å². The predicted octanol–water partition coefficient (Wildman–Crippen LogP) is 5.23. The Bertz CT molecular complexity index is 1290. The number of nitrogens with one attached hydrogen (secondary N) is 2. The quantitative estimate of drug-likeness (QED) is 0.413. The molecule has 0 aliphatic rings. The minimum atomic E-state index is 0.740. The number of aromatic nitrogens is 4.